The van der Waals surface area contributed by atoms with Crippen molar-refractivity contribution in [1.82, 2.24) is 15.1 Å². The van der Waals surface area contributed by atoms with Crippen molar-refractivity contribution in [2.24, 2.45) is 5.92 Å². The lowest BCUT2D eigenvalue weighted by molar-refractivity contribution is 0.139. The predicted octanol–water partition coefficient (Wildman–Crippen LogP) is 2.07. The molecule has 1 fully saturated rings. The summed E-state index contributed by atoms with van der Waals surface area (Å²) in [5, 5.41) is 7.06. The van der Waals surface area contributed by atoms with Crippen LogP contribution in [0.3, 0.4) is 0 Å². The maximum Gasteiger partial charge on any atom is 0.0490 e. The first-order valence-corrected chi connectivity index (χ1v) is 5.98. The van der Waals surface area contributed by atoms with Crippen molar-refractivity contribution >= 4 is 0 Å². The lowest BCUT2D eigenvalue weighted by Gasteiger charge is -2.35. The molecule has 0 spiro atoms. The van der Waals surface area contributed by atoms with Crippen molar-refractivity contribution in [1.29, 1.82) is 0 Å². The summed E-state index contributed by atoms with van der Waals surface area (Å²) in [4.78, 5) is 2.59. The molecule has 0 unspecified atom stereocenters. The Morgan fingerprint density at radius 2 is 2.47 bits per heavy atom. The highest BCUT2D eigenvalue weighted by atomic mass is 15.2. The normalized spacial score (nSPS) is 23.5. The van der Waals surface area contributed by atoms with Crippen molar-refractivity contribution in [3.8, 4) is 0 Å². The van der Waals surface area contributed by atoms with Gasteiger partial charge in [-0.15, -0.1) is 0 Å². The first-order chi connectivity index (χ1) is 7.25. The van der Waals surface area contributed by atoms with Gasteiger partial charge in [0.15, 0.2) is 0 Å². The molecule has 1 aromatic rings. The minimum atomic E-state index is 0.689. The summed E-state index contributed by atoms with van der Waals surface area (Å²) < 4.78 is 0. The molecule has 1 aliphatic heterocycles. The number of nitrogens with one attached hydrogen (secondary N) is 1. The van der Waals surface area contributed by atoms with E-state index in [0.717, 1.165) is 12.3 Å². The molecule has 0 radical (unpaired) electrons. The van der Waals surface area contributed by atoms with Gasteiger partial charge in [0.25, 0.3) is 0 Å². The molecule has 1 atom stereocenters. The number of hydrogen-bond donors (Lipinski definition) is 1. The van der Waals surface area contributed by atoms with Gasteiger partial charge in [0.2, 0.25) is 0 Å². The highest BCUT2D eigenvalue weighted by molar-refractivity contribution is 4.99. The molecule has 2 rings (SSSR count). The van der Waals surface area contributed by atoms with Crippen LogP contribution in [0.5, 0.6) is 0 Å². The van der Waals surface area contributed by atoms with Crippen molar-refractivity contribution in [3.05, 3.63) is 18.0 Å². The molecule has 1 saturated heterocycles. The van der Waals surface area contributed by atoms with Crippen LogP contribution in [0.2, 0.25) is 0 Å². The average molecular weight is 207 g/mol. The van der Waals surface area contributed by atoms with Crippen molar-refractivity contribution in [2.45, 2.75) is 39.2 Å². The molecule has 0 amide bonds. The lowest BCUT2D eigenvalue weighted by atomic mass is 9.93. The molecular weight excluding hydrogens is 186 g/mol. The van der Waals surface area contributed by atoms with Crippen LogP contribution in [-0.2, 0) is 6.42 Å². The molecule has 1 aliphatic rings. The fourth-order valence-corrected chi connectivity index (χ4v) is 2.44. The van der Waals surface area contributed by atoms with Crippen LogP contribution in [0.15, 0.2) is 12.3 Å². The smallest absolute Gasteiger partial charge is 0.0490 e. The van der Waals surface area contributed by atoms with Crippen molar-refractivity contribution < 1.29 is 0 Å². The van der Waals surface area contributed by atoms with E-state index in [-0.39, 0.29) is 0 Å². The molecule has 0 aliphatic carbocycles. The highest BCUT2D eigenvalue weighted by Crippen LogP contribution is 2.21. The SMILES string of the molecule is CC(C)N1CCC[C@H](Cc2ccn[nH]2)C1. The van der Waals surface area contributed by atoms with E-state index in [9.17, 15) is 0 Å². The predicted molar refractivity (Wildman–Crippen MR) is 61.7 cm³/mol. The van der Waals surface area contributed by atoms with Gasteiger partial charge in [0, 0.05) is 24.5 Å². The molecule has 0 aromatic carbocycles. The average Bonchev–Trinajstić information content (AvgIpc) is 2.71. The Morgan fingerprint density at radius 3 is 3.13 bits per heavy atom. The minimum absolute atomic E-state index is 0.689. The topological polar surface area (TPSA) is 31.9 Å². The quantitative estimate of drug-likeness (QED) is 0.823. The standard InChI is InChI=1S/C12H21N3/c1-10(2)15-7-3-4-11(9-15)8-12-5-6-13-14-12/h5-6,10-11H,3-4,7-9H2,1-2H3,(H,13,14)/t11-/m1/s1. The zero-order chi connectivity index (χ0) is 10.7. The van der Waals surface area contributed by atoms with Gasteiger partial charge >= 0.3 is 0 Å². The van der Waals surface area contributed by atoms with Gasteiger partial charge in [-0.1, -0.05) is 0 Å². The summed E-state index contributed by atoms with van der Waals surface area (Å²) in [6, 6.07) is 2.78. The number of nitrogens with zero attached hydrogens (tertiary/aromatic N) is 2. The van der Waals surface area contributed by atoms with E-state index in [2.05, 4.69) is 35.0 Å². The summed E-state index contributed by atoms with van der Waals surface area (Å²) in [6.07, 6.45) is 5.71. The van der Waals surface area contributed by atoms with Gasteiger partial charge in [0.05, 0.1) is 0 Å². The van der Waals surface area contributed by atoms with E-state index in [0.29, 0.717) is 6.04 Å². The van der Waals surface area contributed by atoms with E-state index in [1.165, 1.54) is 31.6 Å². The zero-order valence-electron chi connectivity index (χ0n) is 9.74. The Kier molecular flexibility index (Phi) is 3.41. The Morgan fingerprint density at radius 1 is 1.60 bits per heavy atom. The van der Waals surface area contributed by atoms with E-state index in [1.807, 2.05) is 6.20 Å². The van der Waals surface area contributed by atoms with Crippen LogP contribution < -0.4 is 0 Å². The minimum Gasteiger partial charge on any atom is -0.301 e. The molecular formula is C12H21N3. The second-order valence-electron chi connectivity index (χ2n) is 4.88. The summed E-state index contributed by atoms with van der Waals surface area (Å²) >= 11 is 0. The van der Waals surface area contributed by atoms with Gasteiger partial charge < -0.3 is 4.90 Å². The number of rotatable bonds is 3. The molecule has 3 nitrogen and oxygen atoms in total. The molecule has 2 heterocycles. The fourth-order valence-electron chi connectivity index (χ4n) is 2.44. The number of piperidine rings is 1. The van der Waals surface area contributed by atoms with Crippen molar-refractivity contribution in [3.63, 3.8) is 0 Å². The van der Waals surface area contributed by atoms with Crippen LogP contribution in [0.4, 0.5) is 0 Å². The zero-order valence-corrected chi connectivity index (χ0v) is 9.74. The summed E-state index contributed by atoms with van der Waals surface area (Å²) in [6.45, 7) is 7.10. The van der Waals surface area contributed by atoms with Crippen molar-refractivity contribution in [2.75, 3.05) is 13.1 Å². The van der Waals surface area contributed by atoms with Gasteiger partial charge in [-0.25, -0.2) is 0 Å². The maximum absolute atomic E-state index is 4.00. The molecule has 84 valence electrons. The van der Waals surface area contributed by atoms with E-state index in [1.54, 1.807) is 0 Å². The highest BCUT2D eigenvalue weighted by Gasteiger charge is 2.21. The summed E-state index contributed by atoms with van der Waals surface area (Å²) in [7, 11) is 0. The van der Waals surface area contributed by atoms with Crippen LogP contribution in [-0.4, -0.2) is 34.2 Å². The molecule has 0 bridgehead atoms. The second-order valence-corrected chi connectivity index (χ2v) is 4.88. The molecule has 1 N–H and O–H groups in total. The van der Waals surface area contributed by atoms with Gasteiger partial charge in [-0.2, -0.15) is 5.10 Å². The monoisotopic (exact) mass is 207 g/mol. The van der Waals surface area contributed by atoms with E-state index >= 15 is 0 Å². The Labute approximate surface area is 91.9 Å². The summed E-state index contributed by atoms with van der Waals surface area (Å²) in [5.74, 6) is 0.807. The third-order valence-corrected chi connectivity index (χ3v) is 3.35. The van der Waals surface area contributed by atoms with E-state index < -0.39 is 0 Å². The van der Waals surface area contributed by atoms with Crippen LogP contribution in [0.25, 0.3) is 0 Å². The third-order valence-electron chi connectivity index (χ3n) is 3.35. The molecule has 3 heteroatoms. The van der Waals surface area contributed by atoms with Gasteiger partial charge in [-0.3, -0.25) is 5.10 Å². The Bertz CT molecular complexity index is 279. The maximum atomic E-state index is 4.00. The molecule has 0 saturated carbocycles. The second kappa shape index (κ2) is 4.79. The lowest BCUT2D eigenvalue weighted by Crippen LogP contribution is -2.40. The fraction of sp³-hybridized carbons (Fsp3) is 0.750. The number of likely N-dealkylation sites (tertiary alicyclic amines) is 1. The first kappa shape index (κ1) is 10.7. The number of aromatic amines is 1. The Hall–Kier alpha value is -0.830. The van der Waals surface area contributed by atoms with Crippen LogP contribution in [0.1, 0.15) is 32.4 Å². The molecule has 1 aromatic heterocycles. The van der Waals surface area contributed by atoms with Gasteiger partial charge in [0.1, 0.15) is 0 Å². The van der Waals surface area contributed by atoms with Crippen LogP contribution in [0, 0.1) is 5.92 Å². The number of hydrogen-bond acceptors (Lipinski definition) is 2. The number of aromatic nitrogens is 2. The largest absolute Gasteiger partial charge is 0.301 e. The van der Waals surface area contributed by atoms with Gasteiger partial charge in [-0.05, 0) is 51.6 Å². The summed E-state index contributed by atoms with van der Waals surface area (Å²) in [5.41, 5.74) is 1.28. The van der Waals surface area contributed by atoms with Crippen LogP contribution >= 0.6 is 0 Å². The third kappa shape index (κ3) is 2.81. The molecule has 15 heavy (non-hydrogen) atoms. The Balaban J connectivity index is 1.88. The van der Waals surface area contributed by atoms with E-state index in [4.69, 9.17) is 0 Å². The number of H-pyrrole nitrogens is 1. The first-order valence-electron chi connectivity index (χ1n) is 5.98.